The Morgan fingerprint density at radius 1 is 0.571 bits per heavy atom. The summed E-state index contributed by atoms with van der Waals surface area (Å²) in [6.07, 6.45) is 0. The summed E-state index contributed by atoms with van der Waals surface area (Å²) in [6, 6.07) is 30.8. The van der Waals surface area contributed by atoms with Crippen LogP contribution in [0.15, 0.2) is 97.1 Å². The number of aliphatic hydroxyl groups is 2. The first-order valence-corrected chi connectivity index (χ1v) is 11.6. The Kier molecular flexibility index (Phi) is 6.36. The molecule has 0 saturated heterocycles. The van der Waals surface area contributed by atoms with Gasteiger partial charge in [-0.25, -0.2) is 0 Å². The molecule has 5 nitrogen and oxygen atoms in total. The van der Waals surface area contributed by atoms with Gasteiger partial charge in [-0.2, -0.15) is 0 Å². The first-order valence-electron chi connectivity index (χ1n) is 11.6. The highest BCUT2D eigenvalue weighted by Crippen LogP contribution is 2.50. The lowest BCUT2D eigenvalue weighted by molar-refractivity contribution is 0.0933. The third-order valence-electron chi connectivity index (χ3n) is 6.43. The summed E-state index contributed by atoms with van der Waals surface area (Å²) in [5.74, 6) is 1.25. The molecule has 0 aliphatic heterocycles. The standard InChI is InChI=1S/C30H26O5/c31-17-19-34-23-13-9-21(10-14-23)30(22-11-15-24(16-12-22)35-20-18-32)28-8-4-3-6-26(28)25-5-1-2-7-27(25)29(30)33/h1-16,31-32H,17-20H2. The second kappa shape index (κ2) is 9.74. The van der Waals surface area contributed by atoms with Crippen molar-refractivity contribution in [1.29, 1.82) is 0 Å². The average Bonchev–Trinajstić information content (AvgIpc) is 2.92. The van der Waals surface area contributed by atoms with E-state index in [0.717, 1.165) is 27.8 Å². The third kappa shape index (κ3) is 3.89. The molecule has 0 heterocycles. The fourth-order valence-electron chi connectivity index (χ4n) is 4.95. The molecule has 176 valence electrons. The van der Waals surface area contributed by atoms with E-state index in [2.05, 4.69) is 6.07 Å². The molecule has 0 saturated carbocycles. The minimum atomic E-state index is -1.07. The lowest BCUT2D eigenvalue weighted by Gasteiger charge is -2.39. The monoisotopic (exact) mass is 466 g/mol. The van der Waals surface area contributed by atoms with E-state index in [9.17, 15) is 4.79 Å². The molecule has 0 amide bonds. The van der Waals surface area contributed by atoms with Crippen molar-refractivity contribution in [1.82, 2.24) is 0 Å². The van der Waals surface area contributed by atoms with Crippen molar-refractivity contribution in [2.75, 3.05) is 26.4 Å². The molecule has 5 rings (SSSR count). The highest BCUT2D eigenvalue weighted by atomic mass is 16.5. The van der Waals surface area contributed by atoms with Crippen LogP contribution in [0.5, 0.6) is 11.5 Å². The largest absolute Gasteiger partial charge is 0.491 e. The maximum atomic E-state index is 14.5. The molecule has 1 aliphatic carbocycles. The molecule has 35 heavy (non-hydrogen) atoms. The minimum absolute atomic E-state index is 0.000136. The van der Waals surface area contributed by atoms with E-state index in [0.29, 0.717) is 17.1 Å². The summed E-state index contributed by atoms with van der Waals surface area (Å²) < 4.78 is 11.1. The molecular formula is C30H26O5. The maximum Gasteiger partial charge on any atom is 0.182 e. The smallest absolute Gasteiger partial charge is 0.182 e. The molecule has 5 heteroatoms. The molecule has 4 aromatic rings. The predicted octanol–water partition coefficient (Wildman–Crippen LogP) is 4.63. The molecule has 0 unspecified atom stereocenters. The van der Waals surface area contributed by atoms with Crippen LogP contribution >= 0.6 is 0 Å². The Morgan fingerprint density at radius 3 is 1.54 bits per heavy atom. The predicted molar refractivity (Wildman–Crippen MR) is 134 cm³/mol. The van der Waals surface area contributed by atoms with Gasteiger partial charge in [0.05, 0.1) is 13.2 Å². The normalized spacial score (nSPS) is 13.6. The Morgan fingerprint density at radius 2 is 1.03 bits per heavy atom. The molecule has 0 fully saturated rings. The zero-order valence-electron chi connectivity index (χ0n) is 19.2. The molecule has 0 radical (unpaired) electrons. The molecule has 1 aliphatic rings. The second-order valence-corrected chi connectivity index (χ2v) is 8.36. The van der Waals surface area contributed by atoms with Crippen LogP contribution < -0.4 is 9.47 Å². The van der Waals surface area contributed by atoms with Crippen molar-refractivity contribution in [2.45, 2.75) is 5.41 Å². The van der Waals surface area contributed by atoms with Crippen molar-refractivity contribution < 1.29 is 24.5 Å². The third-order valence-corrected chi connectivity index (χ3v) is 6.43. The lowest BCUT2D eigenvalue weighted by atomic mass is 9.60. The van der Waals surface area contributed by atoms with Gasteiger partial charge in [0, 0.05) is 5.56 Å². The lowest BCUT2D eigenvalue weighted by Crippen LogP contribution is -2.41. The number of rotatable bonds is 8. The van der Waals surface area contributed by atoms with Crippen molar-refractivity contribution in [2.24, 2.45) is 0 Å². The maximum absolute atomic E-state index is 14.5. The molecule has 4 aromatic carbocycles. The first-order chi connectivity index (χ1) is 17.2. The highest BCUT2D eigenvalue weighted by molar-refractivity contribution is 6.16. The second-order valence-electron chi connectivity index (χ2n) is 8.36. The fraction of sp³-hybridized carbons (Fsp3) is 0.167. The molecule has 0 spiro atoms. The summed E-state index contributed by atoms with van der Waals surface area (Å²) in [5.41, 5.74) is 4.10. The number of carbonyl (C=O) groups excluding carboxylic acids is 1. The van der Waals surface area contributed by atoms with Gasteiger partial charge < -0.3 is 19.7 Å². The quantitative estimate of drug-likeness (QED) is 0.396. The molecular weight excluding hydrogens is 440 g/mol. The van der Waals surface area contributed by atoms with Crippen LogP contribution in [0.1, 0.15) is 27.0 Å². The zero-order valence-corrected chi connectivity index (χ0v) is 19.2. The number of hydrogen-bond acceptors (Lipinski definition) is 5. The van der Waals surface area contributed by atoms with Gasteiger partial charge >= 0.3 is 0 Å². The van der Waals surface area contributed by atoms with Crippen LogP contribution in [-0.2, 0) is 5.41 Å². The zero-order chi connectivity index (χ0) is 24.3. The van der Waals surface area contributed by atoms with Gasteiger partial charge in [-0.05, 0) is 52.1 Å². The molecule has 0 aromatic heterocycles. The molecule has 2 N–H and O–H groups in total. The van der Waals surface area contributed by atoms with Gasteiger partial charge in [-0.15, -0.1) is 0 Å². The van der Waals surface area contributed by atoms with E-state index in [1.54, 1.807) is 0 Å². The van der Waals surface area contributed by atoms with Crippen molar-refractivity contribution in [3.63, 3.8) is 0 Å². The molecule has 0 atom stereocenters. The van der Waals surface area contributed by atoms with Gasteiger partial charge in [-0.3, -0.25) is 4.79 Å². The van der Waals surface area contributed by atoms with E-state index >= 15 is 0 Å². The number of carbonyl (C=O) groups is 1. The van der Waals surface area contributed by atoms with Gasteiger partial charge in [0.1, 0.15) is 30.1 Å². The Labute approximate surface area is 204 Å². The van der Waals surface area contributed by atoms with E-state index in [1.165, 1.54) is 0 Å². The first kappa shape index (κ1) is 22.8. The number of ether oxygens (including phenoxy) is 2. The van der Waals surface area contributed by atoms with Gasteiger partial charge in [0.2, 0.25) is 0 Å². The van der Waals surface area contributed by atoms with Gasteiger partial charge in [0.25, 0.3) is 0 Å². The summed E-state index contributed by atoms with van der Waals surface area (Å²) >= 11 is 0. The topological polar surface area (TPSA) is 76.0 Å². The van der Waals surface area contributed by atoms with Crippen molar-refractivity contribution in [3.05, 3.63) is 119 Å². The van der Waals surface area contributed by atoms with Crippen LogP contribution in [0.2, 0.25) is 0 Å². The summed E-state index contributed by atoms with van der Waals surface area (Å²) in [4.78, 5) is 14.5. The Balaban J connectivity index is 1.74. The number of fused-ring (bicyclic) bond motifs is 3. The Bertz CT molecular complexity index is 1270. The minimum Gasteiger partial charge on any atom is -0.491 e. The van der Waals surface area contributed by atoms with E-state index in [1.807, 2.05) is 91.0 Å². The van der Waals surface area contributed by atoms with Crippen LogP contribution in [0.25, 0.3) is 11.1 Å². The van der Waals surface area contributed by atoms with Gasteiger partial charge in [0.15, 0.2) is 5.78 Å². The van der Waals surface area contributed by atoms with E-state index in [4.69, 9.17) is 19.7 Å². The van der Waals surface area contributed by atoms with Gasteiger partial charge in [-0.1, -0.05) is 72.8 Å². The number of ketones is 1. The van der Waals surface area contributed by atoms with Crippen molar-refractivity contribution >= 4 is 5.78 Å². The van der Waals surface area contributed by atoms with Crippen molar-refractivity contribution in [3.8, 4) is 22.6 Å². The van der Waals surface area contributed by atoms with Crippen LogP contribution in [0.4, 0.5) is 0 Å². The highest BCUT2D eigenvalue weighted by Gasteiger charge is 2.48. The number of benzene rings is 4. The number of hydrogen-bond donors (Lipinski definition) is 2. The molecule has 0 bridgehead atoms. The van der Waals surface area contributed by atoms with E-state index in [-0.39, 0.29) is 32.2 Å². The summed E-state index contributed by atoms with van der Waals surface area (Å²) in [7, 11) is 0. The van der Waals surface area contributed by atoms with Crippen LogP contribution in [0, 0.1) is 0 Å². The van der Waals surface area contributed by atoms with E-state index < -0.39 is 5.41 Å². The Hall–Kier alpha value is -3.93. The van der Waals surface area contributed by atoms with Crippen LogP contribution in [0.3, 0.4) is 0 Å². The average molecular weight is 467 g/mol. The number of Topliss-reactive ketones (excluding diaryl/α,β-unsaturated/α-hetero) is 1. The summed E-state index contributed by atoms with van der Waals surface area (Å²) in [6.45, 7) is 0.266. The summed E-state index contributed by atoms with van der Waals surface area (Å²) in [5, 5.41) is 18.2. The van der Waals surface area contributed by atoms with Crippen LogP contribution in [-0.4, -0.2) is 42.4 Å². The fourth-order valence-corrected chi connectivity index (χ4v) is 4.95. The number of aliphatic hydroxyl groups excluding tert-OH is 2. The SMILES string of the molecule is O=C1c2ccccc2-c2ccccc2C1(c1ccc(OCCO)cc1)c1ccc(OCCO)cc1.